The van der Waals surface area contributed by atoms with Gasteiger partial charge in [0, 0.05) is 25.8 Å². The monoisotopic (exact) mass is 620 g/mol. The van der Waals surface area contributed by atoms with Gasteiger partial charge in [-0.05, 0) is 5.56 Å². The maximum atomic E-state index is 11.4. The number of quaternary nitrogens is 1. The molecule has 1 saturated heterocycles. The van der Waals surface area contributed by atoms with Crippen LogP contribution in [-0.4, -0.2) is 55.9 Å². The van der Waals surface area contributed by atoms with Gasteiger partial charge in [0.05, 0.1) is 19.6 Å². The van der Waals surface area contributed by atoms with Crippen molar-refractivity contribution in [3.63, 3.8) is 0 Å². The fraction of sp³-hybridized carbons (Fsp3) is 0.462. The minimum atomic E-state index is 0. The summed E-state index contributed by atoms with van der Waals surface area (Å²) in [5, 5.41) is 13.7. The molecule has 0 saturated carbocycles. The van der Waals surface area contributed by atoms with E-state index in [1.807, 2.05) is 12.1 Å². The van der Waals surface area contributed by atoms with Crippen LogP contribution in [0.2, 0.25) is 0 Å². The Balaban J connectivity index is -0.000000116. The molecule has 0 spiro atoms. The van der Waals surface area contributed by atoms with Gasteiger partial charge in [0.15, 0.2) is 0 Å². The van der Waals surface area contributed by atoms with Gasteiger partial charge in [0.2, 0.25) is 0 Å². The van der Waals surface area contributed by atoms with E-state index in [1.54, 1.807) is 18.3 Å². The van der Waals surface area contributed by atoms with Crippen LogP contribution in [0.3, 0.4) is 0 Å². The van der Waals surface area contributed by atoms with Gasteiger partial charge < -0.3 is 80.3 Å². The second-order valence-corrected chi connectivity index (χ2v) is 4.28. The molecule has 1 aliphatic heterocycles. The normalized spacial score (nSPS) is 12.5. The average molecular weight is 621 g/mol. The molecule has 24 heavy (non-hydrogen) atoms. The van der Waals surface area contributed by atoms with Crippen molar-refractivity contribution in [2.24, 2.45) is 4.99 Å². The molecule has 0 amide bonds. The minimum Gasteiger partial charge on any atom is -1.00 e. The molecule has 11 heteroatoms. The molecule has 0 aromatic heterocycles. The molecule has 1 aromatic carbocycles. The van der Waals surface area contributed by atoms with Crippen molar-refractivity contribution in [2.45, 2.75) is 0 Å². The van der Waals surface area contributed by atoms with Crippen molar-refractivity contribution >= 4 is 6.21 Å². The van der Waals surface area contributed by atoms with E-state index < -0.39 is 0 Å². The molecular weight excluding hydrogens is 591 g/mol. The summed E-state index contributed by atoms with van der Waals surface area (Å²) in [5.41, 5.74) is 0.680. The number of piperazine rings is 1. The minimum absolute atomic E-state index is 0. The van der Waals surface area contributed by atoms with Crippen LogP contribution in [0.1, 0.15) is 5.56 Å². The number of para-hydroxylation sites is 1. The summed E-state index contributed by atoms with van der Waals surface area (Å²) in [6.45, 7) is 6.43. The second-order valence-electron chi connectivity index (χ2n) is 4.28. The van der Waals surface area contributed by atoms with E-state index >= 15 is 0 Å². The van der Waals surface area contributed by atoms with Crippen LogP contribution >= 0.6 is 0 Å². The van der Waals surface area contributed by atoms with Gasteiger partial charge >= 0.3 is 16.5 Å². The molecule has 1 aliphatic rings. The summed E-state index contributed by atoms with van der Waals surface area (Å²) in [6.07, 6.45) is 1.69. The van der Waals surface area contributed by atoms with Crippen molar-refractivity contribution in [3.8, 4) is 5.75 Å². The van der Waals surface area contributed by atoms with Gasteiger partial charge in [-0.1, -0.05) is 24.3 Å². The van der Waals surface area contributed by atoms with Crippen molar-refractivity contribution in [1.82, 2.24) is 4.90 Å². The molecule has 1 heterocycles. The Bertz CT molecular complexity index is 400. The molecule has 8 nitrogen and oxygen atoms in total. The standard InChI is InChI=1S/C13H19N3O.2HI.Ni.4H2O/c17-13-4-2-1-3-12(13)11-15-7-10-16-8-5-14-6-9-16;;;;;;;/h1-4,11,14,17H,5-10H2;2*1H;;4*1H2/q;;;+3;;;;/p+1. The van der Waals surface area contributed by atoms with Gasteiger partial charge in [-0.2, -0.15) is 0 Å². The van der Waals surface area contributed by atoms with Crippen molar-refractivity contribution in [1.29, 1.82) is 0 Å². The van der Waals surface area contributed by atoms with Crippen molar-refractivity contribution < 1.29 is 96.8 Å². The van der Waals surface area contributed by atoms with Crippen molar-refractivity contribution in [3.05, 3.63) is 29.8 Å². The fourth-order valence-electron chi connectivity index (χ4n) is 1.98. The third kappa shape index (κ3) is 14.7. The third-order valence-corrected chi connectivity index (χ3v) is 2.99. The van der Waals surface area contributed by atoms with Crippen LogP contribution in [0.25, 0.3) is 0 Å². The smallest absolute Gasteiger partial charge is 1.00 e. The number of hydrogen-bond acceptors (Lipinski definition) is 3. The number of hydrogen-bond donors (Lipinski definition) is 1. The maximum absolute atomic E-state index is 11.4. The van der Waals surface area contributed by atoms with Gasteiger partial charge in [0.1, 0.15) is 0 Å². The zero-order chi connectivity index (χ0) is 11.9. The summed E-state index contributed by atoms with van der Waals surface area (Å²) in [4.78, 5) is 6.74. The van der Waals surface area contributed by atoms with E-state index in [1.165, 1.54) is 13.1 Å². The molecule has 1 fully saturated rings. The summed E-state index contributed by atoms with van der Waals surface area (Å²) in [6, 6.07) is 7.00. The van der Waals surface area contributed by atoms with Gasteiger partial charge in [-0.25, -0.2) is 0 Å². The molecule has 147 valence electrons. The predicted octanol–water partition coefficient (Wildman–Crippen LogP) is -10.5. The van der Waals surface area contributed by atoms with E-state index in [-0.39, 0.29) is 92.1 Å². The topological polar surface area (TPSA) is 186 Å². The van der Waals surface area contributed by atoms with E-state index in [0.29, 0.717) is 5.56 Å². The number of nitrogens with two attached hydrogens (primary N) is 1. The molecule has 1 radical (unpaired) electrons. The van der Waals surface area contributed by atoms with Crippen molar-refractivity contribution in [2.75, 3.05) is 39.3 Å². The fourth-order valence-corrected chi connectivity index (χ4v) is 1.98. The molecule has 13 N–H and O–H groups in total. The van der Waals surface area contributed by atoms with E-state index in [2.05, 4.69) is 15.2 Å². The summed E-state index contributed by atoms with van der Waals surface area (Å²) in [7, 11) is 0. The molecule has 0 atom stereocenters. The Morgan fingerprint density at radius 1 is 1.08 bits per heavy atom. The second kappa shape index (κ2) is 23.4. The number of aliphatic imine (C=N–C) groups is 1. The first-order valence-electron chi connectivity index (χ1n) is 6.16. The summed E-state index contributed by atoms with van der Waals surface area (Å²) < 4.78 is 0. The molecule has 0 bridgehead atoms. The number of halogens is 2. The van der Waals surface area contributed by atoms with E-state index in [9.17, 15) is 5.11 Å². The molecule has 0 aliphatic carbocycles. The largest absolute Gasteiger partial charge is 3.00 e. The number of rotatable bonds is 4. The quantitative estimate of drug-likeness (QED) is 0.152. The third-order valence-electron chi connectivity index (χ3n) is 2.99. The zero-order valence-electron chi connectivity index (χ0n) is 13.3. The van der Waals surface area contributed by atoms with Crippen LogP contribution in [0, 0.1) is 0 Å². The zero-order valence-corrected chi connectivity index (χ0v) is 18.6. The molecule has 1 aromatic rings. The van der Waals surface area contributed by atoms with Crippen LogP contribution in [0.5, 0.6) is 5.75 Å². The Hall–Kier alpha value is 0.404. The first-order valence-corrected chi connectivity index (χ1v) is 6.16. The van der Waals surface area contributed by atoms with Gasteiger partial charge in [-0.3, -0.25) is 9.89 Å². The average Bonchev–Trinajstić information content (AvgIpc) is 2.38. The molecular formula is C13H30I2N3NiO5+4. The van der Waals surface area contributed by atoms with Gasteiger partial charge in [0.25, 0.3) is 0 Å². The Labute approximate surface area is 186 Å². The van der Waals surface area contributed by atoms with Crippen LogP contribution in [0.4, 0.5) is 0 Å². The molecule has 0 unspecified atom stereocenters. The Morgan fingerprint density at radius 2 is 1.62 bits per heavy atom. The maximum Gasteiger partial charge on any atom is 3.00 e. The molecule has 2 rings (SSSR count). The summed E-state index contributed by atoms with van der Waals surface area (Å²) >= 11 is 0. The summed E-state index contributed by atoms with van der Waals surface area (Å²) in [5.74, 6) is 0.0452. The van der Waals surface area contributed by atoms with E-state index in [0.717, 1.165) is 26.2 Å². The van der Waals surface area contributed by atoms with Gasteiger partial charge in [-0.15, -0.1) is 5.75 Å². The first-order chi connectivity index (χ1) is 8.36. The van der Waals surface area contributed by atoms with Crippen LogP contribution < -0.4 is 58.4 Å². The number of nitrogens with zero attached hydrogens (tertiary/aromatic N) is 2. The Kier molecular flexibility index (Phi) is 38.5. The SMILES string of the molecule is O.[I-].[I-].[Ni+3].[O-]c1ccccc1C=NCCN1CC[NH2+]CC1.[OH3+].[OH3+].[OH3+]. The first kappa shape index (κ1) is 39.5. The number of benzene rings is 1. The predicted molar refractivity (Wildman–Crippen MR) is 84.7 cm³/mol. The van der Waals surface area contributed by atoms with E-state index in [4.69, 9.17) is 0 Å². The Morgan fingerprint density at radius 3 is 2.17 bits per heavy atom. The van der Waals surface area contributed by atoms with Crippen LogP contribution in [-0.2, 0) is 32.9 Å². The van der Waals surface area contributed by atoms with Crippen LogP contribution in [0.15, 0.2) is 29.3 Å².